The smallest absolute Gasteiger partial charge is 0.0590 e. The molecule has 0 saturated heterocycles. The van der Waals surface area contributed by atoms with Crippen molar-refractivity contribution in [2.24, 2.45) is 0 Å². The molecule has 0 aliphatic heterocycles. The molecule has 0 heterocycles. The molecule has 1 N–H and O–H groups in total. The van der Waals surface area contributed by atoms with Crippen LogP contribution in [0, 0.1) is 0 Å². The molecule has 0 amide bonds. The first kappa shape index (κ1) is 12.3. The summed E-state index contributed by atoms with van der Waals surface area (Å²) in [7, 11) is 0. The fourth-order valence-corrected chi connectivity index (χ4v) is 3.03. The molecule has 0 aromatic rings. The number of nitrogens with one attached hydrogen (secondary N) is 1. The second-order valence-electron chi connectivity index (χ2n) is 3.72. The normalized spacial score (nSPS) is 17.8. The molecule has 2 nitrogen and oxygen atoms in total. The van der Waals surface area contributed by atoms with Gasteiger partial charge in [0.15, 0.2) is 0 Å². The van der Waals surface area contributed by atoms with E-state index in [1.807, 2.05) is 6.92 Å². The maximum atomic E-state index is 5.24. The Bertz CT molecular complexity index is 126. The summed E-state index contributed by atoms with van der Waals surface area (Å²) in [5.41, 5.74) is 0. The van der Waals surface area contributed by atoms with Gasteiger partial charge in [-0.1, -0.05) is 12.8 Å². The van der Waals surface area contributed by atoms with E-state index in [2.05, 4.69) is 17.1 Å². The highest BCUT2D eigenvalue weighted by atomic mass is 32.2. The van der Waals surface area contributed by atoms with Gasteiger partial charge in [0.05, 0.1) is 6.61 Å². The maximum Gasteiger partial charge on any atom is 0.0590 e. The Morgan fingerprint density at radius 2 is 2.07 bits per heavy atom. The van der Waals surface area contributed by atoms with Gasteiger partial charge in [0.1, 0.15) is 0 Å². The third-order valence-corrected chi connectivity index (χ3v) is 3.94. The van der Waals surface area contributed by atoms with E-state index in [-0.39, 0.29) is 0 Å². The largest absolute Gasteiger partial charge is 0.380 e. The highest BCUT2D eigenvalue weighted by molar-refractivity contribution is 7.99. The van der Waals surface area contributed by atoms with Crippen molar-refractivity contribution in [1.29, 1.82) is 0 Å². The highest BCUT2D eigenvalue weighted by Crippen LogP contribution is 2.28. The minimum atomic E-state index is 0.832. The van der Waals surface area contributed by atoms with Crippen LogP contribution in [0.25, 0.3) is 0 Å². The van der Waals surface area contributed by atoms with Crippen LogP contribution in [0.5, 0.6) is 0 Å². The van der Waals surface area contributed by atoms with Crippen LogP contribution >= 0.6 is 11.8 Å². The third-order valence-electron chi connectivity index (χ3n) is 2.56. The van der Waals surface area contributed by atoms with Crippen molar-refractivity contribution in [2.45, 2.75) is 37.9 Å². The van der Waals surface area contributed by atoms with Crippen LogP contribution in [0.3, 0.4) is 0 Å². The number of thioether (sulfide) groups is 1. The molecule has 84 valence electrons. The minimum absolute atomic E-state index is 0.832. The Morgan fingerprint density at radius 3 is 2.79 bits per heavy atom. The Balaban J connectivity index is 1.75. The molecule has 0 aromatic carbocycles. The van der Waals surface area contributed by atoms with Gasteiger partial charge in [0.25, 0.3) is 0 Å². The topological polar surface area (TPSA) is 21.3 Å². The molecular formula is C11H23NOS. The number of ether oxygens (including phenoxy) is 1. The molecule has 0 spiro atoms. The monoisotopic (exact) mass is 217 g/mol. The summed E-state index contributed by atoms with van der Waals surface area (Å²) in [6, 6.07) is 0. The zero-order valence-corrected chi connectivity index (χ0v) is 10.1. The van der Waals surface area contributed by atoms with Gasteiger partial charge in [-0.05, 0) is 19.8 Å². The van der Waals surface area contributed by atoms with Gasteiger partial charge in [0.2, 0.25) is 0 Å². The van der Waals surface area contributed by atoms with Crippen LogP contribution in [0.4, 0.5) is 0 Å². The van der Waals surface area contributed by atoms with E-state index in [9.17, 15) is 0 Å². The second-order valence-corrected chi connectivity index (χ2v) is 5.13. The molecule has 14 heavy (non-hydrogen) atoms. The lowest BCUT2D eigenvalue weighted by Gasteiger charge is -2.09. The van der Waals surface area contributed by atoms with E-state index < -0.39 is 0 Å². The van der Waals surface area contributed by atoms with Gasteiger partial charge in [-0.2, -0.15) is 11.8 Å². The van der Waals surface area contributed by atoms with E-state index in [0.717, 1.165) is 31.6 Å². The molecule has 0 bridgehead atoms. The second kappa shape index (κ2) is 8.57. The fraction of sp³-hybridized carbons (Fsp3) is 1.00. The third kappa shape index (κ3) is 5.89. The van der Waals surface area contributed by atoms with Gasteiger partial charge in [-0.3, -0.25) is 0 Å². The standard InChI is InChI=1S/C11H23NOS/c1-2-13-9-7-12-8-10-14-11-5-3-4-6-11/h11-12H,2-10H2,1H3. The Labute approximate surface area is 92.2 Å². The first-order chi connectivity index (χ1) is 6.93. The van der Waals surface area contributed by atoms with Crippen LogP contribution in [-0.4, -0.2) is 37.3 Å². The lowest BCUT2D eigenvalue weighted by molar-refractivity contribution is 0.150. The van der Waals surface area contributed by atoms with Crippen LogP contribution in [0.1, 0.15) is 32.6 Å². The Hall–Kier alpha value is 0.270. The summed E-state index contributed by atoms with van der Waals surface area (Å²) in [6.07, 6.45) is 5.80. The van der Waals surface area contributed by atoms with Crippen molar-refractivity contribution in [3.8, 4) is 0 Å². The zero-order valence-electron chi connectivity index (χ0n) is 9.26. The van der Waals surface area contributed by atoms with Crippen LogP contribution in [0.2, 0.25) is 0 Å². The van der Waals surface area contributed by atoms with Crippen LogP contribution in [-0.2, 0) is 4.74 Å². The molecule has 1 aliphatic carbocycles. The summed E-state index contributed by atoms with van der Waals surface area (Å²) in [5, 5.41) is 4.36. The number of hydrogen-bond acceptors (Lipinski definition) is 3. The van der Waals surface area contributed by atoms with E-state index >= 15 is 0 Å². The van der Waals surface area contributed by atoms with Gasteiger partial charge in [-0.15, -0.1) is 0 Å². The average Bonchev–Trinajstić information content (AvgIpc) is 2.69. The Morgan fingerprint density at radius 1 is 1.29 bits per heavy atom. The van der Waals surface area contributed by atoms with Crippen molar-refractivity contribution in [3.63, 3.8) is 0 Å². The van der Waals surface area contributed by atoms with E-state index in [1.54, 1.807) is 0 Å². The minimum Gasteiger partial charge on any atom is -0.380 e. The van der Waals surface area contributed by atoms with E-state index in [4.69, 9.17) is 4.74 Å². The Kier molecular flexibility index (Phi) is 7.55. The van der Waals surface area contributed by atoms with Gasteiger partial charge in [0, 0.05) is 30.7 Å². The van der Waals surface area contributed by atoms with Crippen molar-refractivity contribution in [1.82, 2.24) is 5.32 Å². The van der Waals surface area contributed by atoms with Gasteiger partial charge in [-0.25, -0.2) is 0 Å². The molecule has 0 aromatic heterocycles. The lowest BCUT2D eigenvalue weighted by atomic mass is 10.4. The van der Waals surface area contributed by atoms with Crippen molar-refractivity contribution < 1.29 is 4.74 Å². The molecular weight excluding hydrogens is 194 g/mol. The van der Waals surface area contributed by atoms with Crippen LogP contribution < -0.4 is 5.32 Å². The summed E-state index contributed by atoms with van der Waals surface area (Å²) < 4.78 is 5.24. The average molecular weight is 217 g/mol. The lowest BCUT2D eigenvalue weighted by Crippen LogP contribution is -2.22. The van der Waals surface area contributed by atoms with Gasteiger partial charge >= 0.3 is 0 Å². The highest BCUT2D eigenvalue weighted by Gasteiger charge is 2.14. The van der Waals surface area contributed by atoms with Crippen molar-refractivity contribution in [2.75, 3.05) is 32.1 Å². The molecule has 0 unspecified atom stereocenters. The quantitative estimate of drug-likeness (QED) is 0.630. The molecule has 3 heteroatoms. The molecule has 1 aliphatic rings. The summed E-state index contributed by atoms with van der Waals surface area (Å²) in [6.45, 7) is 5.85. The van der Waals surface area contributed by atoms with Gasteiger partial charge < -0.3 is 10.1 Å². The molecule has 0 atom stereocenters. The SMILES string of the molecule is CCOCCNCCSC1CCCC1. The molecule has 1 fully saturated rings. The fourth-order valence-electron chi connectivity index (χ4n) is 1.77. The first-order valence-corrected chi connectivity index (χ1v) is 6.88. The molecule has 1 rings (SSSR count). The summed E-state index contributed by atoms with van der Waals surface area (Å²) in [4.78, 5) is 0. The van der Waals surface area contributed by atoms with E-state index in [1.165, 1.54) is 31.4 Å². The number of rotatable bonds is 8. The van der Waals surface area contributed by atoms with Crippen LogP contribution in [0.15, 0.2) is 0 Å². The number of hydrogen-bond donors (Lipinski definition) is 1. The predicted octanol–water partition coefficient (Wildman–Crippen LogP) is 2.29. The maximum absolute atomic E-state index is 5.24. The van der Waals surface area contributed by atoms with Crippen molar-refractivity contribution in [3.05, 3.63) is 0 Å². The predicted molar refractivity (Wildman–Crippen MR) is 64.1 cm³/mol. The summed E-state index contributed by atoms with van der Waals surface area (Å²) in [5.74, 6) is 1.26. The summed E-state index contributed by atoms with van der Waals surface area (Å²) >= 11 is 2.14. The molecule has 0 radical (unpaired) electrons. The molecule has 1 saturated carbocycles. The zero-order chi connectivity index (χ0) is 10.1. The van der Waals surface area contributed by atoms with E-state index in [0.29, 0.717) is 0 Å². The van der Waals surface area contributed by atoms with Crippen molar-refractivity contribution >= 4 is 11.8 Å². The first-order valence-electron chi connectivity index (χ1n) is 5.83.